The second-order valence-corrected chi connectivity index (χ2v) is 5.32. The number of likely N-dealkylation sites (tertiary alicyclic amines) is 1. The number of amides is 1. The standard InChI is InChI=1S/C14H10F5N3O2/c15-8-1-2-10(16)9(5-8)12(23)22-4-3-7(6-22)11-20-13(24-21-11)14(17,18)19/h1-2,5,7H,3-4,6H2/t7-/m0/s1. The smallest absolute Gasteiger partial charge is 0.338 e. The third-order valence-corrected chi connectivity index (χ3v) is 3.68. The molecule has 0 unspecified atom stereocenters. The minimum absolute atomic E-state index is 0.00832. The molecule has 0 spiro atoms. The van der Waals surface area contributed by atoms with Gasteiger partial charge in [-0.3, -0.25) is 4.79 Å². The van der Waals surface area contributed by atoms with Gasteiger partial charge in [-0.2, -0.15) is 18.2 Å². The summed E-state index contributed by atoms with van der Waals surface area (Å²) >= 11 is 0. The summed E-state index contributed by atoms with van der Waals surface area (Å²) in [6, 6.07) is 2.50. The topological polar surface area (TPSA) is 59.2 Å². The first-order valence-electron chi connectivity index (χ1n) is 6.91. The van der Waals surface area contributed by atoms with Crippen molar-refractivity contribution in [2.24, 2.45) is 0 Å². The Balaban J connectivity index is 1.74. The Bertz CT molecular complexity index is 774. The van der Waals surface area contributed by atoms with Crippen LogP contribution in [0.3, 0.4) is 0 Å². The van der Waals surface area contributed by atoms with Crippen molar-refractivity contribution in [1.82, 2.24) is 15.0 Å². The zero-order chi connectivity index (χ0) is 17.5. The van der Waals surface area contributed by atoms with E-state index in [-0.39, 0.29) is 18.9 Å². The van der Waals surface area contributed by atoms with Crippen LogP contribution in [0.25, 0.3) is 0 Å². The maximum Gasteiger partial charge on any atom is 0.471 e. The number of halogens is 5. The van der Waals surface area contributed by atoms with Gasteiger partial charge in [0.25, 0.3) is 5.91 Å². The minimum atomic E-state index is -4.75. The Morgan fingerprint density at radius 2 is 2.04 bits per heavy atom. The van der Waals surface area contributed by atoms with Crippen LogP contribution >= 0.6 is 0 Å². The Kier molecular flexibility index (Phi) is 3.98. The van der Waals surface area contributed by atoms with Crippen molar-refractivity contribution in [3.05, 3.63) is 47.1 Å². The number of nitrogens with zero attached hydrogens (tertiary/aromatic N) is 3. The fourth-order valence-electron chi connectivity index (χ4n) is 2.50. The highest BCUT2D eigenvalue weighted by molar-refractivity contribution is 5.94. The van der Waals surface area contributed by atoms with Crippen LogP contribution < -0.4 is 0 Å². The van der Waals surface area contributed by atoms with Crippen molar-refractivity contribution >= 4 is 5.91 Å². The Labute approximate surface area is 132 Å². The molecule has 1 aromatic carbocycles. The van der Waals surface area contributed by atoms with Gasteiger partial charge < -0.3 is 9.42 Å². The minimum Gasteiger partial charge on any atom is -0.338 e. The first-order chi connectivity index (χ1) is 11.3. The molecule has 0 radical (unpaired) electrons. The number of hydrogen-bond acceptors (Lipinski definition) is 4. The number of rotatable bonds is 2. The first-order valence-corrected chi connectivity index (χ1v) is 6.91. The molecule has 3 rings (SSSR count). The molecule has 1 aliphatic rings. The van der Waals surface area contributed by atoms with Crippen molar-refractivity contribution < 1.29 is 31.3 Å². The molecule has 1 fully saturated rings. The molecule has 1 atom stereocenters. The quantitative estimate of drug-likeness (QED) is 0.784. The molecule has 5 nitrogen and oxygen atoms in total. The second kappa shape index (κ2) is 5.84. The van der Waals surface area contributed by atoms with Crippen molar-refractivity contribution in [1.29, 1.82) is 0 Å². The monoisotopic (exact) mass is 347 g/mol. The van der Waals surface area contributed by atoms with Gasteiger partial charge in [-0.15, -0.1) is 0 Å². The van der Waals surface area contributed by atoms with Crippen molar-refractivity contribution in [3.8, 4) is 0 Å². The number of benzene rings is 1. The molecule has 0 N–H and O–H groups in total. The Morgan fingerprint density at radius 3 is 2.71 bits per heavy atom. The largest absolute Gasteiger partial charge is 0.471 e. The van der Waals surface area contributed by atoms with Gasteiger partial charge in [0.15, 0.2) is 5.82 Å². The third-order valence-electron chi connectivity index (χ3n) is 3.68. The number of carbonyl (C=O) groups is 1. The molecule has 1 amide bonds. The van der Waals surface area contributed by atoms with E-state index in [1.54, 1.807) is 0 Å². The van der Waals surface area contributed by atoms with Gasteiger partial charge in [0.1, 0.15) is 11.6 Å². The highest BCUT2D eigenvalue weighted by Crippen LogP contribution is 2.31. The third kappa shape index (κ3) is 3.08. The maximum absolute atomic E-state index is 13.6. The summed E-state index contributed by atoms with van der Waals surface area (Å²) in [5.74, 6) is -4.57. The lowest BCUT2D eigenvalue weighted by Gasteiger charge is -2.16. The van der Waals surface area contributed by atoms with Gasteiger partial charge in [0.05, 0.1) is 5.56 Å². The predicted octanol–water partition coefficient (Wildman–Crippen LogP) is 3.00. The average Bonchev–Trinajstić information content (AvgIpc) is 3.16. The van der Waals surface area contributed by atoms with Crippen LogP contribution in [0.2, 0.25) is 0 Å². The SMILES string of the molecule is O=C(c1cc(F)ccc1F)N1CC[C@H](c2noc(C(F)(F)F)n2)C1. The lowest BCUT2D eigenvalue weighted by molar-refractivity contribution is -0.159. The molecular formula is C14H10F5N3O2. The molecule has 128 valence electrons. The molecule has 2 aromatic rings. The number of alkyl halides is 3. The van der Waals surface area contributed by atoms with Gasteiger partial charge >= 0.3 is 12.1 Å². The molecule has 1 aliphatic heterocycles. The predicted molar refractivity (Wildman–Crippen MR) is 68.9 cm³/mol. The summed E-state index contributed by atoms with van der Waals surface area (Å²) in [7, 11) is 0. The van der Waals surface area contributed by atoms with Gasteiger partial charge in [-0.1, -0.05) is 5.16 Å². The fraction of sp³-hybridized carbons (Fsp3) is 0.357. The van der Waals surface area contributed by atoms with Crippen molar-refractivity contribution in [3.63, 3.8) is 0 Å². The molecule has 1 aromatic heterocycles. The van der Waals surface area contributed by atoms with Gasteiger partial charge in [0, 0.05) is 19.0 Å². The highest BCUT2D eigenvalue weighted by atomic mass is 19.4. The van der Waals surface area contributed by atoms with Crippen LogP contribution in [0.15, 0.2) is 22.7 Å². The van der Waals surface area contributed by atoms with Crippen LogP contribution in [-0.4, -0.2) is 34.0 Å². The maximum atomic E-state index is 13.6. The van der Waals surface area contributed by atoms with E-state index in [9.17, 15) is 26.7 Å². The average molecular weight is 347 g/mol. The molecule has 10 heteroatoms. The van der Waals surface area contributed by atoms with E-state index in [2.05, 4.69) is 14.7 Å². The summed E-state index contributed by atoms with van der Waals surface area (Å²) in [4.78, 5) is 16.7. The zero-order valence-electron chi connectivity index (χ0n) is 12.0. The van der Waals surface area contributed by atoms with Crippen LogP contribution in [0.5, 0.6) is 0 Å². The van der Waals surface area contributed by atoms with Gasteiger partial charge in [-0.05, 0) is 24.6 Å². The van der Waals surface area contributed by atoms with Gasteiger partial charge in [-0.25, -0.2) is 8.78 Å². The lowest BCUT2D eigenvalue weighted by Crippen LogP contribution is -2.29. The van der Waals surface area contributed by atoms with Crippen LogP contribution in [0, 0.1) is 11.6 Å². The van der Waals surface area contributed by atoms with E-state index in [0.29, 0.717) is 6.42 Å². The van der Waals surface area contributed by atoms with Crippen molar-refractivity contribution in [2.75, 3.05) is 13.1 Å². The molecule has 2 heterocycles. The highest BCUT2D eigenvalue weighted by Gasteiger charge is 2.40. The van der Waals surface area contributed by atoms with Crippen LogP contribution in [-0.2, 0) is 6.18 Å². The summed E-state index contributed by atoms with van der Waals surface area (Å²) in [5, 5.41) is 3.28. The van der Waals surface area contributed by atoms with E-state index >= 15 is 0 Å². The molecule has 1 saturated heterocycles. The van der Waals surface area contributed by atoms with E-state index < -0.39 is 41.1 Å². The number of hydrogen-bond donors (Lipinski definition) is 0. The van der Waals surface area contributed by atoms with E-state index in [1.165, 1.54) is 4.90 Å². The molecule has 0 saturated carbocycles. The van der Waals surface area contributed by atoms with Gasteiger partial charge in [0.2, 0.25) is 0 Å². The Morgan fingerprint density at radius 1 is 1.29 bits per heavy atom. The zero-order valence-corrected chi connectivity index (χ0v) is 12.0. The molecule has 0 bridgehead atoms. The number of aromatic nitrogens is 2. The Hall–Kier alpha value is -2.52. The molecular weight excluding hydrogens is 337 g/mol. The summed E-state index contributed by atoms with van der Waals surface area (Å²) in [5.41, 5.74) is -0.431. The normalized spacial score (nSPS) is 18.2. The van der Waals surface area contributed by atoms with Crippen LogP contribution in [0.1, 0.15) is 34.4 Å². The molecule has 0 aliphatic carbocycles. The van der Waals surface area contributed by atoms with E-state index in [4.69, 9.17) is 0 Å². The summed E-state index contributed by atoms with van der Waals surface area (Å²) in [6.07, 6.45) is -4.45. The number of carbonyl (C=O) groups excluding carboxylic acids is 1. The first kappa shape index (κ1) is 16.3. The summed E-state index contributed by atoms with van der Waals surface area (Å²) < 4.78 is 68.4. The van der Waals surface area contributed by atoms with Crippen molar-refractivity contribution in [2.45, 2.75) is 18.5 Å². The summed E-state index contributed by atoms with van der Waals surface area (Å²) in [6.45, 7) is 0.154. The van der Waals surface area contributed by atoms with E-state index in [1.807, 2.05) is 0 Å². The fourth-order valence-corrected chi connectivity index (χ4v) is 2.50. The molecule has 24 heavy (non-hydrogen) atoms. The van der Waals surface area contributed by atoms with E-state index in [0.717, 1.165) is 18.2 Å². The lowest BCUT2D eigenvalue weighted by atomic mass is 10.1. The van der Waals surface area contributed by atoms with Crippen LogP contribution in [0.4, 0.5) is 22.0 Å². The second-order valence-electron chi connectivity index (χ2n) is 5.32.